The number of nitrogens with two attached hydrogens (primary N) is 1. The first-order chi connectivity index (χ1) is 9.04. The molecule has 0 spiro atoms. The Morgan fingerprint density at radius 1 is 1.37 bits per heavy atom. The number of rotatable bonds is 7. The second-order valence-corrected chi connectivity index (χ2v) is 5.34. The van der Waals surface area contributed by atoms with Crippen LogP contribution in [-0.2, 0) is 4.79 Å². The van der Waals surface area contributed by atoms with Crippen LogP contribution in [0, 0.1) is 5.92 Å². The van der Waals surface area contributed by atoms with E-state index in [1.807, 2.05) is 30.3 Å². The Morgan fingerprint density at radius 3 is 2.53 bits per heavy atom. The van der Waals surface area contributed by atoms with E-state index in [0.717, 1.165) is 12.1 Å². The van der Waals surface area contributed by atoms with Gasteiger partial charge in [-0.15, -0.1) is 0 Å². The fourth-order valence-electron chi connectivity index (χ4n) is 1.78. The van der Waals surface area contributed by atoms with Crippen LogP contribution in [0.5, 0.6) is 0 Å². The average Bonchev–Trinajstić information content (AvgIpc) is 2.39. The molecule has 0 radical (unpaired) electrons. The molecule has 19 heavy (non-hydrogen) atoms. The van der Waals surface area contributed by atoms with E-state index < -0.39 is 0 Å². The lowest BCUT2D eigenvalue weighted by atomic mass is 10.0. The fourth-order valence-corrected chi connectivity index (χ4v) is 1.87. The van der Waals surface area contributed by atoms with Crippen molar-refractivity contribution in [3.8, 4) is 0 Å². The van der Waals surface area contributed by atoms with Gasteiger partial charge in [0.15, 0.2) is 0 Å². The predicted molar refractivity (Wildman–Crippen MR) is 84.3 cm³/mol. The normalized spacial score (nSPS) is 11.9. The maximum Gasteiger partial charge on any atom is 0.227 e. The van der Waals surface area contributed by atoms with E-state index >= 15 is 0 Å². The molecule has 2 N–H and O–H groups in total. The number of carbonyl (C=O) groups is 1. The fraction of sp³-hybridized carbons (Fsp3) is 0.467. The highest BCUT2D eigenvalue weighted by molar-refractivity contribution is 7.80. The minimum absolute atomic E-state index is 0.136. The lowest BCUT2D eigenvalue weighted by Gasteiger charge is -2.24. The van der Waals surface area contributed by atoms with E-state index in [-0.39, 0.29) is 5.91 Å². The minimum atomic E-state index is 0.136. The molecular formula is C15H22N2OS. The van der Waals surface area contributed by atoms with Crippen molar-refractivity contribution in [1.29, 1.82) is 0 Å². The van der Waals surface area contributed by atoms with Gasteiger partial charge >= 0.3 is 0 Å². The number of amides is 1. The Balaban J connectivity index is 2.80. The molecule has 0 heterocycles. The van der Waals surface area contributed by atoms with Crippen LogP contribution in [-0.4, -0.2) is 17.4 Å². The number of anilines is 1. The molecule has 0 aliphatic heterocycles. The van der Waals surface area contributed by atoms with E-state index in [1.54, 1.807) is 4.90 Å². The number of carbonyl (C=O) groups excluding carboxylic acids is 1. The summed E-state index contributed by atoms with van der Waals surface area (Å²) in [6.45, 7) is 4.74. The van der Waals surface area contributed by atoms with Crippen molar-refractivity contribution >= 4 is 28.8 Å². The smallest absolute Gasteiger partial charge is 0.227 e. The Bertz CT molecular complexity index is 419. The van der Waals surface area contributed by atoms with Crippen LogP contribution >= 0.6 is 12.2 Å². The number of para-hydroxylation sites is 1. The Morgan fingerprint density at radius 2 is 2.00 bits per heavy atom. The summed E-state index contributed by atoms with van der Waals surface area (Å²) in [6, 6.07) is 9.68. The first-order valence-corrected chi connectivity index (χ1v) is 7.09. The summed E-state index contributed by atoms with van der Waals surface area (Å²) in [5.41, 5.74) is 6.45. The maximum absolute atomic E-state index is 12.4. The number of thiocarbonyl (C=S) groups is 1. The lowest BCUT2D eigenvalue weighted by Crippen LogP contribution is -2.34. The van der Waals surface area contributed by atoms with Crippen molar-refractivity contribution in [2.75, 3.05) is 11.4 Å². The van der Waals surface area contributed by atoms with Gasteiger partial charge in [0.05, 0.1) is 4.99 Å². The van der Waals surface area contributed by atoms with Crippen molar-refractivity contribution < 1.29 is 4.79 Å². The maximum atomic E-state index is 12.4. The monoisotopic (exact) mass is 278 g/mol. The third-order valence-electron chi connectivity index (χ3n) is 3.17. The molecular weight excluding hydrogens is 256 g/mol. The molecule has 0 fully saturated rings. The van der Waals surface area contributed by atoms with Crippen molar-refractivity contribution in [2.45, 2.75) is 33.1 Å². The SMILES string of the molecule is CCC(C)CC(=O)N(CCC(N)=S)c1ccccc1. The van der Waals surface area contributed by atoms with Crippen LogP contribution in [0.2, 0.25) is 0 Å². The van der Waals surface area contributed by atoms with E-state index in [9.17, 15) is 4.79 Å². The molecule has 1 aromatic rings. The molecule has 104 valence electrons. The van der Waals surface area contributed by atoms with Crippen LogP contribution in [0.15, 0.2) is 30.3 Å². The molecule has 0 aromatic heterocycles. The number of nitrogens with zero attached hydrogens (tertiary/aromatic N) is 1. The van der Waals surface area contributed by atoms with Gasteiger partial charge in [0.2, 0.25) is 5.91 Å². The van der Waals surface area contributed by atoms with Crippen LogP contribution in [0.3, 0.4) is 0 Å². The Hall–Kier alpha value is -1.42. The van der Waals surface area contributed by atoms with E-state index in [1.165, 1.54) is 0 Å². The van der Waals surface area contributed by atoms with Crippen LogP contribution in [0.4, 0.5) is 5.69 Å². The van der Waals surface area contributed by atoms with Gasteiger partial charge in [-0.05, 0) is 18.1 Å². The van der Waals surface area contributed by atoms with Gasteiger partial charge in [-0.3, -0.25) is 4.79 Å². The summed E-state index contributed by atoms with van der Waals surface area (Å²) in [5, 5.41) is 0. The topological polar surface area (TPSA) is 46.3 Å². The second-order valence-electron chi connectivity index (χ2n) is 4.81. The standard InChI is InChI=1S/C15H22N2OS/c1-3-12(2)11-15(18)17(10-9-14(16)19)13-7-5-4-6-8-13/h4-8,12H,3,9-11H2,1-2H3,(H2,16,19). The van der Waals surface area contributed by atoms with Gasteiger partial charge in [0.25, 0.3) is 0 Å². The largest absolute Gasteiger partial charge is 0.393 e. The molecule has 1 amide bonds. The van der Waals surface area contributed by atoms with E-state index in [4.69, 9.17) is 18.0 Å². The molecule has 1 rings (SSSR count). The van der Waals surface area contributed by atoms with Crippen LogP contribution < -0.4 is 10.6 Å². The molecule has 0 aliphatic carbocycles. The van der Waals surface area contributed by atoms with Crippen molar-refractivity contribution in [1.82, 2.24) is 0 Å². The Labute approximate surface area is 120 Å². The molecule has 0 aliphatic rings. The summed E-state index contributed by atoms with van der Waals surface area (Å²) in [6.07, 6.45) is 2.11. The molecule has 1 atom stereocenters. The third-order valence-corrected chi connectivity index (χ3v) is 3.37. The van der Waals surface area contributed by atoms with Gasteiger partial charge in [-0.25, -0.2) is 0 Å². The highest BCUT2D eigenvalue weighted by Gasteiger charge is 2.17. The molecule has 0 saturated carbocycles. The molecule has 1 unspecified atom stereocenters. The zero-order chi connectivity index (χ0) is 14.3. The van der Waals surface area contributed by atoms with E-state index in [2.05, 4.69) is 13.8 Å². The quantitative estimate of drug-likeness (QED) is 0.779. The van der Waals surface area contributed by atoms with Crippen LogP contribution in [0.1, 0.15) is 33.1 Å². The third kappa shape index (κ3) is 5.39. The van der Waals surface area contributed by atoms with Gasteiger partial charge in [-0.2, -0.15) is 0 Å². The average molecular weight is 278 g/mol. The molecule has 1 aromatic carbocycles. The van der Waals surface area contributed by atoms with Gasteiger partial charge < -0.3 is 10.6 Å². The first kappa shape index (κ1) is 15.6. The van der Waals surface area contributed by atoms with Gasteiger partial charge in [0.1, 0.15) is 0 Å². The molecule has 0 saturated heterocycles. The summed E-state index contributed by atoms with van der Waals surface area (Å²) < 4.78 is 0. The van der Waals surface area contributed by atoms with Gasteiger partial charge in [0, 0.05) is 25.1 Å². The highest BCUT2D eigenvalue weighted by atomic mass is 32.1. The number of hydrogen-bond donors (Lipinski definition) is 1. The second kappa shape index (κ2) is 7.89. The Kier molecular flexibility index (Phi) is 6.50. The first-order valence-electron chi connectivity index (χ1n) is 6.68. The minimum Gasteiger partial charge on any atom is -0.393 e. The molecule has 4 heteroatoms. The van der Waals surface area contributed by atoms with E-state index in [0.29, 0.717) is 30.3 Å². The highest BCUT2D eigenvalue weighted by Crippen LogP contribution is 2.18. The predicted octanol–water partition coefficient (Wildman–Crippen LogP) is 3.13. The lowest BCUT2D eigenvalue weighted by molar-refractivity contribution is -0.119. The summed E-state index contributed by atoms with van der Waals surface area (Å²) in [5.74, 6) is 0.528. The number of benzene rings is 1. The number of hydrogen-bond acceptors (Lipinski definition) is 2. The van der Waals surface area contributed by atoms with Gasteiger partial charge in [-0.1, -0.05) is 50.7 Å². The zero-order valence-corrected chi connectivity index (χ0v) is 12.5. The molecule has 3 nitrogen and oxygen atoms in total. The summed E-state index contributed by atoms with van der Waals surface area (Å²) in [4.78, 5) is 14.6. The molecule has 0 bridgehead atoms. The van der Waals surface area contributed by atoms with Crippen molar-refractivity contribution in [2.24, 2.45) is 11.7 Å². The summed E-state index contributed by atoms with van der Waals surface area (Å²) in [7, 11) is 0. The van der Waals surface area contributed by atoms with Crippen molar-refractivity contribution in [3.05, 3.63) is 30.3 Å². The summed E-state index contributed by atoms with van der Waals surface area (Å²) >= 11 is 4.90. The van der Waals surface area contributed by atoms with Crippen molar-refractivity contribution in [3.63, 3.8) is 0 Å². The van der Waals surface area contributed by atoms with Crippen LogP contribution in [0.25, 0.3) is 0 Å². The zero-order valence-electron chi connectivity index (χ0n) is 11.6.